The van der Waals surface area contributed by atoms with E-state index in [0.717, 1.165) is 0 Å². The van der Waals surface area contributed by atoms with Crippen molar-refractivity contribution in [3.63, 3.8) is 0 Å². The van der Waals surface area contributed by atoms with E-state index in [1.807, 2.05) is 6.07 Å². The highest BCUT2D eigenvalue weighted by atomic mass is 32.2. The lowest BCUT2D eigenvalue weighted by molar-refractivity contribution is 0.277. The van der Waals surface area contributed by atoms with Gasteiger partial charge >= 0.3 is 0 Å². The Labute approximate surface area is 124 Å². The van der Waals surface area contributed by atoms with Crippen LogP contribution in [0.4, 0.5) is 5.69 Å². The second-order valence-corrected chi connectivity index (χ2v) is 6.38. The molecule has 0 radical (unpaired) electrons. The molecule has 0 unspecified atom stereocenters. The van der Waals surface area contributed by atoms with E-state index in [1.165, 1.54) is 21.4 Å². The first-order chi connectivity index (χ1) is 10.1. The number of para-hydroxylation sites is 1. The molecule has 1 aromatic heterocycles. The summed E-state index contributed by atoms with van der Waals surface area (Å²) in [5, 5.41) is 12.8. The number of rotatable bonds is 7. The van der Waals surface area contributed by atoms with Crippen LogP contribution in [0, 0.1) is 0 Å². The third-order valence-electron chi connectivity index (χ3n) is 3.07. The van der Waals surface area contributed by atoms with Crippen LogP contribution in [0.3, 0.4) is 0 Å². The fraction of sp³-hybridized carbons (Fsp3) is 0.357. The van der Waals surface area contributed by atoms with Crippen LogP contribution in [0.2, 0.25) is 0 Å². The van der Waals surface area contributed by atoms with E-state index in [1.54, 1.807) is 31.2 Å². The van der Waals surface area contributed by atoms with Crippen LogP contribution >= 0.6 is 0 Å². The lowest BCUT2D eigenvalue weighted by Gasteiger charge is -2.21. The van der Waals surface area contributed by atoms with E-state index in [0.29, 0.717) is 25.2 Å². The molecule has 0 aliphatic heterocycles. The third-order valence-corrected chi connectivity index (χ3v) is 4.93. The summed E-state index contributed by atoms with van der Waals surface area (Å²) in [6.07, 6.45) is 3.38. The van der Waals surface area contributed by atoms with Gasteiger partial charge < -0.3 is 5.11 Å². The van der Waals surface area contributed by atoms with Crippen molar-refractivity contribution in [1.82, 2.24) is 9.78 Å². The molecule has 1 aromatic carbocycles. The van der Waals surface area contributed by atoms with Gasteiger partial charge in [0.15, 0.2) is 0 Å². The van der Waals surface area contributed by atoms with Gasteiger partial charge in [-0.1, -0.05) is 18.2 Å². The van der Waals surface area contributed by atoms with Crippen molar-refractivity contribution in [3.05, 3.63) is 42.7 Å². The Kier molecular flexibility index (Phi) is 4.98. The normalized spacial score (nSPS) is 11.5. The molecule has 0 aliphatic carbocycles. The zero-order valence-electron chi connectivity index (χ0n) is 11.9. The second-order valence-electron chi connectivity index (χ2n) is 4.52. The number of nitrogens with zero attached hydrogens (tertiary/aromatic N) is 3. The highest BCUT2D eigenvalue weighted by Gasteiger charge is 2.24. The molecule has 0 saturated carbocycles. The number of aliphatic hydroxyl groups is 1. The van der Waals surface area contributed by atoms with E-state index < -0.39 is 10.0 Å². The van der Waals surface area contributed by atoms with Crippen LogP contribution in [0.1, 0.15) is 13.3 Å². The molecule has 2 aromatic rings. The maximum atomic E-state index is 12.7. The van der Waals surface area contributed by atoms with E-state index >= 15 is 0 Å². The summed E-state index contributed by atoms with van der Waals surface area (Å²) in [6.45, 7) is 2.67. The molecular formula is C14H19N3O3S. The molecule has 0 atom stereocenters. The number of aryl methyl sites for hydroxylation is 1. The van der Waals surface area contributed by atoms with Crippen molar-refractivity contribution < 1.29 is 13.5 Å². The lowest BCUT2D eigenvalue weighted by atomic mass is 10.3. The number of hydrogen-bond donors (Lipinski definition) is 1. The summed E-state index contributed by atoms with van der Waals surface area (Å²) in [6, 6.07) is 8.97. The number of sulfonamides is 1. The molecule has 114 valence electrons. The summed E-state index contributed by atoms with van der Waals surface area (Å²) >= 11 is 0. The fourth-order valence-electron chi connectivity index (χ4n) is 2.05. The number of aromatic nitrogens is 2. The minimum Gasteiger partial charge on any atom is -0.396 e. The molecule has 1 N–H and O–H groups in total. The molecule has 0 aliphatic rings. The van der Waals surface area contributed by atoms with Crippen molar-refractivity contribution in [2.24, 2.45) is 0 Å². The van der Waals surface area contributed by atoms with Gasteiger partial charge in [-0.3, -0.25) is 8.99 Å². The number of anilines is 1. The van der Waals surface area contributed by atoms with Crippen LogP contribution < -0.4 is 4.31 Å². The summed E-state index contributed by atoms with van der Waals surface area (Å²) in [5.74, 6) is 0. The fourth-order valence-corrected chi connectivity index (χ4v) is 3.47. The van der Waals surface area contributed by atoms with Crippen molar-refractivity contribution in [3.8, 4) is 0 Å². The molecule has 0 fully saturated rings. The smallest absolute Gasteiger partial charge is 0.267 e. The van der Waals surface area contributed by atoms with Gasteiger partial charge in [0.05, 0.1) is 11.9 Å². The Hall–Kier alpha value is -1.86. The quantitative estimate of drug-likeness (QED) is 0.840. The van der Waals surface area contributed by atoms with Gasteiger partial charge in [-0.15, -0.1) is 0 Å². The largest absolute Gasteiger partial charge is 0.396 e. The van der Waals surface area contributed by atoms with Gasteiger partial charge in [0, 0.05) is 25.9 Å². The summed E-state index contributed by atoms with van der Waals surface area (Å²) in [4.78, 5) is 0.158. The maximum Gasteiger partial charge on any atom is 0.267 e. The van der Waals surface area contributed by atoms with Crippen molar-refractivity contribution in [1.29, 1.82) is 0 Å². The highest BCUT2D eigenvalue weighted by molar-refractivity contribution is 7.92. The molecule has 0 saturated heterocycles. The number of hydrogen-bond acceptors (Lipinski definition) is 4. The van der Waals surface area contributed by atoms with Crippen molar-refractivity contribution in [2.75, 3.05) is 17.5 Å². The predicted molar refractivity (Wildman–Crippen MR) is 80.6 cm³/mol. The molecule has 1 heterocycles. The van der Waals surface area contributed by atoms with Crippen LogP contribution in [-0.2, 0) is 16.6 Å². The van der Waals surface area contributed by atoms with Gasteiger partial charge in [0.1, 0.15) is 4.90 Å². The standard InChI is InChI=1S/C14H19N3O3S/c1-2-17(13-7-4-3-5-8-13)21(19,20)14-11-15-16(12-14)9-6-10-18/h3-5,7-8,11-12,18H,2,6,9-10H2,1H3. The molecule has 7 heteroatoms. The van der Waals surface area contributed by atoms with Crippen LogP contribution in [-0.4, -0.2) is 36.5 Å². The first kappa shape index (κ1) is 15.5. The number of aliphatic hydroxyl groups excluding tert-OH is 1. The van der Waals surface area contributed by atoms with Crippen molar-refractivity contribution >= 4 is 15.7 Å². The summed E-state index contributed by atoms with van der Waals surface area (Å²) < 4.78 is 28.2. The third kappa shape index (κ3) is 3.43. The van der Waals surface area contributed by atoms with E-state index in [4.69, 9.17) is 5.11 Å². The van der Waals surface area contributed by atoms with Crippen LogP contribution in [0.5, 0.6) is 0 Å². The second kappa shape index (κ2) is 6.73. The van der Waals surface area contributed by atoms with Gasteiger partial charge in [-0.25, -0.2) is 8.42 Å². The molecule has 0 spiro atoms. The zero-order chi connectivity index (χ0) is 15.3. The van der Waals surface area contributed by atoms with Gasteiger partial charge in [0.2, 0.25) is 0 Å². The zero-order valence-corrected chi connectivity index (χ0v) is 12.7. The monoisotopic (exact) mass is 309 g/mol. The predicted octanol–water partition coefficient (Wildman–Crippen LogP) is 1.48. The molecule has 6 nitrogen and oxygen atoms in total. The van der Waals surface area contributed by atoms with E-state index in [9.17, 15) is 8.42 Å². The highest BCUT2D eigenvalue weighted by Crippen LogP contribution is 2.22. The lowest BCUT2D eigenvalue weighted by Crippen LogP contribution is -2.30. The Morgan fingerprint density at radius 3 is 2.62 bits per heavy atom. The average molecular weight is 309 g/mol. The number of benzene rings is 1. The summed E-state index contributed by atoms with van der Waals surface area (Å²) in [5.41, 5.74) is 0.628. The topological polar surface area (TPSA) is 75.4 Å². The van der Waals surface area contributed by atoms with Crippen molar-refractivity contribution in [2.45, 2.75) is 24.8 Å². The van der Waals surface area contributed by atoms with Gasteiger partial charge in [0.25, 0.3) is 10.0 Å². The Morgan fingerprint density at radius 1 is 1.29 bits per heavy atom. The summed E-state index contributed by atoms with van der Waals surface area (Å²) in [7, 11) is -3.62. The van der Waals surface area contributed by atoms with E-state index in [2.05, 4.69) is 5.10 Å². The van der Waals surface area contributed by atoms with E-state index in [-0.39, 0.29) is 11.5 Å². The Bertz CT molecular complexity index is 668. The SMILES string of the molecule is CCN(c1ccccc1)S(=O)(=O)c1cnn(CCCO)c1. The first-order valence-corrected chi connectivity index (χ1v) is 8.24. The first-order valence-electron chi connectivity index (χ1n) is 6.80. The maximum absolute atomic E-state index is 12.7. The minimum atomic E-state index is -3.62. The molecule has 21 heavy (non-hydrogen) atoms. The van der Waals surface area contributed by atoms with Gasteiger partial charge in [-0.2, -0.15) is 5.10 Å². The average Bonchev–Trinajstić information content (AvgIpc) is 2.96. The minimum absolute atomic E-state index is 0.0487. The van der Waals surface area contributed by atoms with Crippen LogP contribution in [0.25, 0.3) is 0 Å². The Balaban J connectivity index is 2.29. The molecule has 0 amide bonds. The molecule has 2 rings (SSSR count). The molecular weight excluding hydrogens is 290 g/mol. The molecule has 0 bridgehead atoms. The Morgan fingerprint density at radius 2 is 2.00 bits per heavy atom. The van der Waals surface area contributed by atoms with Crippen LogP contribution in [0.15, 0.2) is 47.6 Å². The van der Waals surface area contributed by atoms with Gasteiger partial charge in [-0.05, 0) is 25.5 Å².